The highest BCUT2D eigenvalue weighted by molar-refractivity contribution is 8.00. The molecule has 1 heterocycles. The molecule has 0 radical (unpaired) electrons. The van der Waals surface area contributed by atoms with Crippen LogP contribution in [-0.4, -0.2) is 30.2 Å². The van der Waals surface area contributed by atoms with E-state index in [0.717, 1.165) is 16.3 Å². The van der Waals surface area contributed by atoms with Crippen molar-refractivity contribution >= 4 is 35.0 Å². The number of benzene rings is 2. The van der Waals surface area contributed by atoms with Gasteiger partial charge in [0, 0.05) is 35.2 Å². The number of hydrogen-bond acceptors (Lipinski definition) is 4. The normalized spacial score (nSPS) is 15.8. The minimum atomic E-state index is -0.166. The van der Waals surface area contributed by atoms with Crippen molar-refractivity contribution in [2.24, 2.45) is 0 Å². The van der Waals surface area contributed by atoms with E-state index in [0.29, 0.717) is 24.1 Å². The number of nitrogens with zero attached hydrogens (tertiary/aromatic N) is 1. The molecule has 1 aliphatic heterocycles. The van der Waals surface area contributed by atoms with E-state index in [9.17, 15) is 9.59 Å². The van der Waals surface area contributed by atoms with Gasteiger partial charge in [-0.05, 0) is 43.3 Å². The largest absolute Gasteiger partial charge is 0.494 e. The zero-order valence-corrected chi connectivity index (χ0v) is 16.4. The molecule has 5 nitrogen and oxygen atoms in total. The Labute approximate surface area is 164 Å². The number of fused-ring (bicyclic) bond motifs is 1. The molecule has 2 aromatic carbocycles. The van der Waals surface area contributed by atoms with E-state index in [1.165, 1.54) is 0 Å². The third-order valence-electron chi connectivity index (χ3n) is 4.24. The van der Waals surface area contributed by atoms with Crippen LogP contribution in [0.4, 0.5) is 11.4 Å². The molecule has 1 atom stereocenters. The molecule has 0 aromatic heterocycles. The van der Waals surface area contributed by atoms with E-state index in [-0.39, 0.29) is 24.7 Å². The van der Waals surface area contributed by atoms with Crippen molar-refractivity contribution in [2.75, 3.05) is 23.4 Å². The van der Waals surface area contributed by atoms with E-state index in [4.69, 9.17) is 4.74 Å². The van der Waals surface area contributed by atoms with Crippen LogP contribution >= 0.6 is 11.8 Å². The number of hydrogen-bond donors (Lipinski definition) is 1. The zero-order valence-electron chi connectivity index (χ0n) is 15.6. The van der Waals surface area contributed by atoms with Crippen LogP contribution in [0.5, 0.6) is 5.75 Å². The number of carbonyl (C=O) groups is 2. The Hall–Kier alpha value is -2.47. The van der Waals surface area contributed by atoms with Gasteiger partial charge in [-0.25, -0.2) is 0 Å². The Morgan fingerprint density at radius 3 is 2.63 bits per heavy atom. The first-order chi connectivity index (χ1) is 13.1. The second kappa shape index (κ2) is 8.95. The van der Waals surface area contributed by atoms with Crippen molar-refractivity contribution in [2.45, 2.75) is 36.8 Å². The fraction of sp³-hybridized carbons (Fsp3) is 0.333. The van der Waals surface area contributed by atoms with Crippen LogP contribution in [0.2, 0.25) is 0 Å². The first kappa shape index (κ1) is 19.3. The van der Waals surface area contributed by atoms with Crippen LogP contribution in [0.25, 0.3) is 0 Å². The van der Waals surface area contributed by atoms with E-state index in [2.05, 4.69) is 12.2 Å². The lowest BCUT2D eigenvalue weighted by atomic mass is 10.2. The summed E-state index contributed by atoms with van der Waals surface area (Å²) in [7, 11) is 0. The van der Waals surface area contributed by atoms with Gasteiger partial charge in [-0.15, -0.1) is 11.8 Å². The van der Waals surface area contributed by atoms with Gasteiger partial charge in [0.05, 0.1) is 12.3 Å². The van der Waals surface area contributed by atoms with E-state index >= 15 is 0 Å². The molecule has 2 amide bonds. The van der Waals surface area contributed by atoms with Gasteiger partial charge in [0.25, 0.3) is 0 Å². The topological polar surface area (TPSA) is 58.6 Å². The molecule has 1 unspecified atom stereocenters. The molecule has 1 N–H and O–H groups in total. The van der Waals surface area contributed by atoms with Gasteiger partial charge in [0.2, 0.25) is 11.8 Å². The minimum absolute atomic E-state index is 0.0172. The summed E-state index contributed by atoms with van der Waals surface area (Å²) in [4.78, 5) is 27.8. The maximum absolute atomic E-state index is 12.7. The summed E-state index contributed by atoms with van der Waals surface area (Å²) >= 11 is 1.78. The quantitative estimate of drug-likeness (QED) is 0.805. The second-order valence-electron chi connectivity index (χ2n) is 6.41. The Morgan fingerprint density at radius 2 is 1.89 bits per heavy atom. The summed E-state index contributed by atoms with van der Waals surface area (Å²) in [6, 6.07) is 15.1. The summed E-state index contributed by atoms with van der Waals surface area (Å²) in [5.74, 6) is 0.582. The predicted molar refractivity (Wildman–Crippen MR) is 110 cm³/mol. The third kappa shape index (κ3) is 5.04. The SMILES string of the molecule is CCOc1ccc(NC(=O)CCC(=O)N2CC(C)Sc3ccccc32)cc1. The highest BCUT2D eigenvalue weighted by atomic mass is 32.2. The monoisotopic (exact) mass is 384 g/mol. The van der Waals surface area contributed by atoms with Gasteiger partial charge in [-0.3, -0.25) is 9.59 Å². The third-order valence-corrected chi connectivity index (χ3v) is 5.39. The van der Waals surface area contributed by atoms with E-state index in [1.807, 2.05) is 43.3 Å². The molecule has 2 aromatic rings. The van der Waals surface area contributed by atoms with Crippen molar-refractivity contribution in [3.8, 4) is 5.75 Å². The highest BCUT2D eigenvalue weighted by Gasteiger charge is 2.26. The fourth-order valence-electron chi connectivity index (χ4n) is 3.01. The number of ether oxygens (including phenoxy) is 1. The lowest BCUT2D eigenvalue weighted by Gasteiger charge is -2.32. The number of carbonyl (C=O) groups excluding carboxylic acids is 2. The molecule has 142 valence electrons. The van der Waals surface area contributed by atoms with Gasteiger partial charge in [-0.2, -0.15) is 0 Å². The molecule has 1 aliphatic rings. The van der Waals surface area contributed by atoms with Crippen molar-refractivity contribution in [3.63, 3.8) is 0 Å². The molecule has 6 heteroatoms. The van der Waals surface area contributed by atoms with Crippen molar-refractivity contribution in [1.82, 2.24) is 0 Å². The summed E-state index contributed by atoms with van der Waals surface area (Å²) in [5, 5.41) is 3.16. The number of rotatable bonds is 6. The lowest BCUT2D eigenvalue weighted by Crippen LogP contribution is -2.38. The average Bonchev–Trinajstić information content (AvgIpc) is 2.67. The van der Waals surface area contributed by atoms with Gasteiger partial charge >= 0.3 is 0 Å². The van der Waals surface area contributed by atoms with E-state index < -0.39 is 0 Å². The molecular weight excluding hydrogens is 360 g/mol. The number of nitrogens with one attached hydrogen (secondary N) is 1. The van der Waals surface area contributed by atoms with Crippen molar-refractivity contribution in [3.05, 3.63) is 48.5 Å². The number of anilines is 2. The van der Waals surface area contributed by atoms with Gasteiger partial charge < -0.3 is 15.0 Å². The maximum atomic E-state index is 12.7. The molecular formula is C21H24N2O3S. The molecule has 3 rings (SSSR count). The molecule has 0 saturated heterocycles. The lowest BCUT2D eigenvalue weighted by molar-refractivity contribution is -0.122. The molecule has 0 bridgehead atoms. The van der Waals surface area contributed by atoms with Crippen molar-refractivity contribution in [1.29, 1.82) is 0 Å². The number of para-hydroxylation sites is 1. The molecule has 0 fully saturated rings. The van der Waals surface area contributed by atoms with Crippen molar-refractivity contribution < 1.29 is 14.3 Å². The highest BCUT2D eigenvalue weighted by Crippen LogP contribution is 2.38. The number of amides is 2. The van der Waals surface area contributed by atoms with Crippen LogP contribution < -0.4 is 15.0 Å². The fourth-order valence-corrected chi connectivity index (χ4v) is 4.12. The summed E-state index contributed by atoms with van der Waals surface area (Å²) in [5.41, 5.74) is 1.64. The summed E-state index contributed by atoms with van der Waals surface area (Å²) in [6.07, 6.45) is 0.348. The van der Waals surface area contributed by atoms with Crippen LogP contribution in [0.15, 0.2) is 53.4 Å². The zero-order chi connectivity index (χ0) is 19.2. The maximum Gasteiger partial charge on any atom is 0.227 e. The molecule has 0 spiro atoms. The van der Waals surface area contributed by atoms with Crippen LogP contribution in [0.1, 0.15) is 26.7 Å². The standard InChI is InChI=1S/C21H24N2O3S/c1-3-26-17-10-8-16(9-11-17)22-20(24)12-13-21(25)23-14-15(2)27-19-7-5-4-6-18(19)23/h4-11,15H,3,12-14H2,1-2H3,(H,22,24). The van der Waals surface area contributed by atoms with Gasteiger partial charge in [0.15, 0.2) is 0 Å². The molecule has 27 heavy (non-hydrogen) atoms. The second-order valence-corrected chi connectivity index (χ2v) is 7.89. The average molecular weight is 385 g/mol. The minimum Gasteiger partial charge on any atom is -0.494 e. The van der Waals surface area contributed by atoms with Gasteiger partial charge in [0.1, 0.15) is 5.75 Å². The Bertz CT molecular complexity index is 807. The van der Waals surface area contributed by atoms with Gasteiger partial charge in [-0.1, -0.05) is 19.1 Å². The first-order valence-corrected chi connectivity index (χ1v) is 10.0. The predicted octanol–water partition coefficient (Wildman–Crippen LogP) is 4.33. The Balaban J connectivity index is 1.55. The van der Waals surface area contributed by atoms with Crippen LogP contribution in [-0.2, 0) is 9.59 Å². The van der Waals surface area contributed by atoms with E-state index in [1.54, 1.807) is 28.8 Å². The number of thioether (sulfide) groups is 1. The van der Waals surface area contributed by atoms with Crippen LogP contribution in [0.3, 0.4) is 0 Å². The van der Waals surface area contributed by atoms with Crippen LogP contribution in [0, 0.1) is 0 Å². The first-order valence-electron chi connectivity index (χ1n) is 9.15. The Morgan fingerprint density at radius 1 is 1.15 bits per heavy atom. The molecule has 0 saturated carbocycles. The summed E-state index contributed by atoms with van der Waals surface area (Å²) in [6.45, 7) is 5.30. The summed E-state index contributed by atoms with van der Waals surface area (Å²) < 4.78 is 5.38. The Kier molecular flexibility index (Phi) is 6.40. The smallest absolute Gasteiger partial charge is 0.227 e. The molecule has 0 aliphatic carbocycles.